The fourth-order valence-corrected chi connectivity index (χ4v) is 2.17. The SMILES string of the molecule is CCN(C)C(=O)c1ccc2c(c1)CCNCC2. The van der Waals surface area contributed by atoms with Gasteiger partial charge in [0.25, 0.3) is 5.91 Å². The van der Waals surface area contributed by atoms with Crippen LogP contribution in [-0.2, 0) is 12.8 Å². The Bertz CT molecular complexity index is 415. The monoisotopic (exact) mass is 232 g/mol. The van der Waals surface area contributed by atoms with Gasteiger partial charge in [0.05, 0.1) is 0 Å². The van der Waals surface area contributed by atoms with Crippen molar-refractivity contribution in [1.82, 2.24) is 10.2 Å². The van der Waals surface area contributed by atoms with Crippen molar-refractivity contribution in [3.8, 4) is 0 Å². The Morgan fingerprint density at radius 2 is 2.00 bits per heavy atom. The van der Waals surface area contributed by atoms with Crippen LogP contribution >= 0.6 is 0 Å². The summed E-state index contributed by atoms with van der Waals surface area (Å²) in [6.07, 6.45) is 2.08. The quantitative estimate of drug-likeness (QED) is 0.837. The Kier molecular flexibility index (Phi) is 3.79. The minimum Gasteiger partial charge on any atom is -0.342 e. The Hall–Kier alpha value is -1.35. The van der Waals surface area contributed by atoms with Crippen LogP contribution in [0.2, 0.25) is 0 Å². The van der Waals surface area contributed by atoms with E-state index in [1.165, 1.54) is 11.1 Å². The number of amides is 1. The lowest BCUT2D eigenvalue weighted by Gasteiger charge is -2.15. The number of hydrogen-bond donors (Lipinski definition) is 1. The van der Waals surface area contributed by atoms with Crippen LogP contribution in [0.15, 0.2) is 18.2 Å². The third-order valence-electron chi connectivity index (χ3n) is 3.42. The van der Waals surface area contributed by atoms with Gasteiger partial charge in [-0.15, -0.1) is 0 Å². The molecule has 2 rings (SSSR count). The molecule has 0 unspecified atom stereocenters. The highest BCUT2D eigenvalue weighted by Gasteiger charge is 2.13. The molecule has 0 bridgehead atoms. The van der Waals surface area contributed by atoms with Crippen molar-refractivity contribution in [2.24, 2.45) is 0 Å². The third-order valence-corrected chi connectivity index (χ3v) is 3.42. The number of carbonyl (C=O) groups is 1. The molecule has 1 aromatic carbocycles. The fourth-order valence-electron chi connectivity index (χ4n) is 2.17. The van der Waals surface area contributed by atoms with E-state index < -0.39 is 0 Å². The highest BCUT2D eigenvalue weighted by Crippen LogP contribution is 2.16. The molecule has 1 N–H and O–H groups in total. The molecule has 1 aliphatic heterocycles. The van der Waals surface area contributed by atoms with Gasteiger partial charge in [-0.3, -0.25) is 4.79 Å². The highest BCUT2D eigenvalue weighted by atomic mass is 16.2. The minimum atomic E-state index is 0.118. The summed E-state index contributed by atoms with van der Waals surface area (Å²) in [5.74, 6) is 0.118. The van der Waals surface area contributed by atoms with Gasteiger partial charge in [-0.25, -0.2) is 0 Å². The van der Waals surface area contributed by atoms with Crippen molar-refractivity contribution < 1.29 is 4.79 Å². The van der Waals surface area contributed by atoms with E-state index in [0.29, 0.717) is 0 Å². The molecule has 1 aromatic rings. The lowest BCUT2D eigenvalue weighted by atomic mass is 9.99. The molecule has 1 amide bonds. The summed E-state index contributed by atoms with van der Waals surface area (Å²) in [6, 6.07) is 6.13. The minimum absolute atomic E-state index is 0.118. The fraction of sp³-hybridized carbons (Fsp3) is 0.500. The molecule has 0 fully saturated rings. The molecule has 0 aromatic heterocycles. The van der Waals surface area contributed by atoms with Crippen molar-refractivity contribution in [2.75, 3.05) is 26.7 Å². The van der Waals surface area contributed by atoms with Gasteiger partial charge >= 0.3 is 0 Å². The summed E-state index contributed by atoms with van der Waals surface area (Å²) < 4.78 is 0. The number of fused-ring (bicyclic) bond motifs is 1. The summed E-state index contributed by atoms with van der Waals surface area (Å²) in [5, 5.41) is 3.38. The smallest absolute Gasteiger partial charge is 0.253 e. The van der Waals surface area contributed by atoms with Crippen LogP contribution in [0.5, 0.6) is 0 Å². The van der Waals surface area contributed by atoms with Gasteiger partial charge in [0.15, 0.2) is 0 Å². The second kappa shape index (κ2) is 5.32. The van der Waals surface area contributed by atoms with Crippen molar-refractivity contribution in [1.29, 1.82) is 0 Å². The third kappa shape index (κ3) is 2.67. The number of hydrogen-bond acceptors (Lipinski definition) is 2. The molecule has 17 heavy (non-hydrogen) atoms. The lowest BCUT2D eigenvalue weighted by Crippen LogP contribution is -2.26. The standard InChI is InChI=1S/C14H20N2O/c1-3-16(2)14(17)13-5-4-11-6-8-15-9-7-12(11)10-13/h4-5,10,15H,3,6-9H2,1-2H3. The number of rotatable bonds is 2. The zero-order valence-electron chi connectivity index (χ0n) is 10.6. The predicted molar refractivity (Wildman–Crippen MR) is 69.4 cm³/mol. The van der Waals surface area contributed by atoms with E-state index in [2.05, 4.69) is 17.4 Å². The zero-order valence-corrected chi connectivity index (χ0v) is 10.6. The molecule has 0 saturated carbocycles. The van der Waals surface area contributed by atoms with E-state index in [0.717, 1.165) is 38.0 Å². The second-order valence-electron chi connectivity index (χ2n) is 4.55. The van der Waals surface area contributed by atoms with E-state index in [1.807, 2.05) is 20.0 Å². The van der Waals surface area contributed by atoms with Gasteiger partial charge in [0.2, 0.25) is 0 Å². The normalized spacial score (nSPS) is 14.9. The molecule has 3 nitrogen and oxygen atoms in total. The molecule has 1 aliphatic rings. The van der Waals surface area contributed by atoms with Crippen LogP contribution in [0, 0.1) is 0 Å². The summed E-state index contributed by atoms with van der Waals surface area (Å²) in [7, 11) is 1.84. The molecule has 0 atom stereocenters. The van der Waals surface area contributed by atoms with Crippen LogP contribution in [0.3, 0.4) is 0 Å². The summed E-state index contributed by atoms with van der Waals surface area (Å²) in [6.45, 7) is 4.78. The average molecular weight is 232 g/mol. The second-order valence-corrected chi connectivity index (χ2v) is 4.55. The van der Waals surface area contributed by atoms with Crippen LogP contribution in [0.25, 0.3) is 0 Å². The van der Waals surface area contributed by atoms with Crippen LogP contribution in [0.1, 0.15) is 28.4 Å². The number of carbonyl (C=O) groups excluding carboxylic acids is 1. The first-order chi connectivity index (χ1) is 8.22. The highest BCUT2D eigenvalue weighted by molar-refractivity contribution is 5.94. The van der Waals surface area contributed by atoms with E-state index in [9.17, 15) is 4.79 Å². The molecule has 0 aliphatic carbocycles. The van der Waals surface area contributed by atoms with Crippen molar-refractivity contribution in [2.45, 2.75) is 19.8 Å². The van der Waals surface area contributed by atoms with Gasteiger partial charge in [-0.05, 0) is 56.1 Å². The summed E-state index contributed by atoms with van der Waals surface area (Å²) in [5.41, 5.74) is 3.52. The first-order valence-corrected chi connectivity index (χ1v) is 6.30. The maximum absolute atomic E-state index is 12.1. The molecule has 1 heterocycles. The Balaban J connectivity index is 2.26. The Morgan fingerprint density at radius 3 is 2.71 bits per heavy atom. The van der Waals surface area contributed by atoms with Crippen LogP contribution in [0.4, 0.5) is 0 Å². The van der Waals surface area contributed by atoms with E-state index in [-0.39, 0.29) is 5.91 Å². The zero-order chi connectivity index (χ0) is 12.3. The number of nitrogens with one attached hydrogen (secondary N) is 1. The Morgan fingerprint density at radius 1 is 1.29 bits per heavy atom. The van der Waals surface area contributed by atoms with Gasteiger partial charge in [0, 0.05) is 19.2 Å². The summed E-state index contributed by atoms with van der Waals surface area (Å²) in [4.78, 5) is 13.8. The Labute approximate surface area is 103 Å². The predicted octanol–water partition coefficient (Wildman–Crippen LogP) is 1.47. The van der Waals surface area contributed by atoms with E-state index in [4.69, 9.17) is 0 Å². The van der Waals surface area contributed by atoms with Crippen molar-refractivity contribution in [3.63, 3.8) is 0 Å². The molecule has 92 valence electrons. The van der Waals surface area contributed by atoms with Crippen molar-refractivity contribution >= 4 is 5.91 Å². The number of nitrogens with zero attached hydrogens (tertiary/aromatic N) is 1. The van der Waals surface area contributed by atoms with Crippen LogP contribution < -0.4 is 5.32 Å². The summed E-state index contributed by atoms with van der Waals surface area (Å²) >= 11 is 0. The molecule has 0 radical (unpaired) electrons. The first-order valence-electron chi connectivity index (χ1n) is 6.30. The van der Waals surface area contributed by atoms with Gasteiger partial charge in [-0.2, -0.15) is 0 Å². The van der Waals surface area contributed by atoms with Crippen LogP contribution in [-0.4, -0.2) is 37.5 Å². The molecule has 3 heteroatoms. The maximum atomic E-state index is 12.1. The van der Waals surface area contributed by atoms with Gasteiger partial charge in [-0.1, -0.05) is 6.07 Å². The molecule has 0 spiro atoms. The van der Waals surface area contributed by atoms with Gasteiger partial charge < -0.3 is 10.2 Å². The van der Waals surface area contributed by atoms with E-state index in [1.54, 1.807) is 4.90 Å². The first kappa shape index (κ1) is 12.1. The van der Waals surface area contributed by atoms with Crippen molar-refractivity contribution in [3.05, 3.63) is 34.9 Å². The van der Waals surface area contributed by atoms with E-state index >= 15 is 0 Å². The molecular formula is C14H20N2O. The maximum Gasteiger partial charge on any atom is 0.253 e. The molecule has 0 saturated heterocycles. The lowest BCUT2D eigenvalue weighted by molar-refractivity contribution is 0.0802. The average Bonchev–Trinajstić information content (AvgIpc) is 2.61. The molecular weight excluding hydrogens is 212 g/mol. The van der Waals surface area contributed by atoms with Gasteiger partial charge in [0.1, 0.15) is 0 Å². The number of benzene rings is 1. The topological polar surface area (TPSA) is 32.3 Å². The largest absolute Gasteiger partial charge is 0.342 e.